The standard InChI is InChI=1S/C24H19F3N2O6S/c1-32-22-12-17-20(13-23(22)33-2)28-9-8-21(17)34-15-6-7-19(18(25)11-15)29-36(30,31)16-5-3-4-14(10-16)35-24(26)27/h3-13,24,29H,1-2H3. The lowest BCUT2D eigenvalue weighted by Gasteiger charge is -2.14. The van der Waals surface area contributed by atoms with E-state index in [1.54, 1.807) is 18.2 Å². The molecule has 0 aliphatic rings. The van der Waals surface area contributed by atoms with Gasteiger partial charge in [0.15, 0.2) is 17.3 Å². The van der Waals surface area contributed by atoms with Gasteiger partial charge < -0.3 is 18.9 Å². The Kier molecular flexibility index (Phi) is 7.06. The molecule has 4 aromatic rings. The molecule has 0 amide bonds. The first-order chi connectivity index (χ1) is 17.2. The molecule has 4 rings (SSSR count). The van der Waals surface area contributed by atoms with E-state index >= 15 is 0 Å². The molecule has 1 N–H and O–H groups in total. The van der Waals surface area contributed by atoms with Gasteiger partial charge >= 0.3 is 6.61 Å². The Hall–Kier alpha value is -4.19. The minimum atomic E-state index is -4.30. The molecular formula is C24H19F3N2O6S. The molecule has 0 aliphatic carbocycles. The smallest absolute Gasteiger partial charge is 0.387 e. The first-order valence-corrected chi connectivity index (χ1v) is 11.7. The van der Waals surface area contributed by atoms with E-state index in [9.17, 15) is 21.6 Å². The van der Waals surface area contributed by atoms with Crippen molar-refractivity contribution >= 4 is 26.6 Å². The number of anilines is 1. The minimum Gasteiger partial charge on any atom is -0.493 e. The summed E-state index contributed by atoms with van der Waals surface area (Å²) in [6.45, 7) is -3.12. The van der Waals surface area contributed by atoms with Gasteiger partial charge in [-0.25, -0.2) is 12.8 Å². The summed E-state index contributed by atoms with van der Waals surface area (Å²) in [7, 11) is -1.32. The SMILES string of the molecule is COc1cc2nccc(Oc3ccc(NS(=O)(=O)c4cccc(OC(F)F)c4)c(F)c3)c2cc1OC. The molecule has 0 spiro atoms. The second-order valence-electron chi connectivity index (χ2n) is 7.24. The van der Waals surface area contributed by atoms with E-state index in [1.807, 2.05) is 0 Å². The number of nitrogens with one attached hydrogen (secondary N) is 1. The fraction of sp³-hybridized carbons (Fsp3) is 0.125. The number of ether oxygens (including phenoxy) is 4. The molecule has 0 fully saturated rings. The highest BCUT2D eigenvalue weighted by Gasteiger charge is 2.19. The van der Waals surface area contributed by atoms with Crippen LogP contribution in [0.4, 0.5) is 18.9 Å². The topological polar surface area (TPSA) is 96.0 Å². The first-order valence-electron chi connectivity index (χ1n) is 10.3. The number of hydrogen-bond donors (Lipinski definition) is 1. The third-order valence-corrected chi connectivity index (χ3v) is 6.32. The van der Waals surface area contributed by atoms with Gasteiger partial charge in [0.2, 0.25) is 0 Å². The Morgan fingerprint density at radius 3 is 2.33 bits per heavy atom. The number of hydrogen-bond acceptors (Lipinski definition) is 7. The van der Waals surface area contributed by atoms with Crippen molar-refractivity contribution in [3.8, 4) is 28.7 Å². The maximum absolute atomic E-state index is 14.8. The van der Waals surface area contributed by atoms with Crippen molar-refractivity contribution in [3.05, 3.63) is 72.7 Å². The number of methoxy groups -OCH3 is 2. The third kappa shape index (κ3) is 5.38. The molecule has 0 atom stereocenters. The van der Waals surface area contributed by atoms with E-state index in [0.29, 0.717) is 28.2 Å². The number of benzene rings is 3. The van der Waals surface area contributed by atoms with Crippen LogP contribution in [0, 0.1) is 5.82 Å². The Bertz CT molecular complexity index is 1520. The van der Waals surface area contributed by atoms with Crippen molar-refractivity contribution < 1.29 is 40.5 Å². The highest BCUT2D eigenvalue weighted by molar-refractivity contribution is 7.92. The molecule has 1 heterocycles. The first kappa shape index (κ1) is 24.9. The van der Waals surface area contributed by atoms with Crippen LogP contribution in [-0.4, -0.2) is 34.2 Å². The molecule has 0 unspecified atom stereocenters. The maximum Gasteiger partial charge on any atom is 0.387 e. The lowest BCUT2D eigenvalue weighted by molar-refractivity contribution is -0.0499. The van der Waals surface area contributed by atoms with Crippen LogP contribution >= 0.6 is 0 Å². The number of halogens is 3. The third-order valence-electron chi connectivity index (χ3n) is 4.96. The largest absolute Gasteiger partial charge is 0.493 e. The zero-order chi connectivity index (χ0) is 25.9. The molecule has 12 heteroatoms. The zero-order valence-corrected chi connectivity index (χ0v) is 19.7. The quantitative estimate of drug-likeness (QED) is 0.308. The lowest BCUT2D eigenvalue weighted by atomic mass is 10.2. The van der Waals surface area contributed by atoms with E-state index in [0.717, 1.165) is 18.2 Å². The molecule has 0 bridgehead atoms. The molecule has 0 saturated carbocycles. The molecule has 0 radical (unpaired) electrons. The normalized spacial score (nSPS) is 11.4. The van der Waals surface area contributed by atoms with Gasteiger partial charge in [-0.3, -0.25) is 9.71 Å². The maximum atomic E-state index is 14.8. The Balaban J connectivity index is 1.58. The zero-order valence-electron chi connectivity index (χ0n) is 18.9. The Morgan fingerprint density at radius 1 is 0.889 bits per heavy atom. The molecular weight excluding hydrogens is 501 g/mol. The summed E-state index contributed by atoms with van der Waals surface area (Å²) in [6, 6.07) is 12.9. The van der Waals surface area contributed by atoms with Crippen LogP contribution in [0.25, 0.3) is 10.9 Å². The van der Waals surface area contributed by atoms with Crippen LogP contribution in [-0.2, 0) is 10.0 Å². The minimum absolute atomic E-state index is 0.0880. The number of sulfonamides is 1. The number of fused-ring (bicyclic) bond motifs is 1. The van der Waals surface area contributed by atoms with Crippen molar-refractivity contribution in [2.75, 3.05) is 18.9 Å². The second-order valence-corrected chi connectivity index (χ2v) is 8.92. The summed E-state index contributed by atoms with van der Waals surface area (Å²) in [5.74, 6) is 0.0876. The molecule has 0 aliphatic heterocycles. The number of nitrogens with zero attached hydrogens (tertiary/aromatic N) is 1. The fourth-order valence-corrected chi connectivity index (χ4v) is 4.43. The molecule has 1 aromatic heterocycles. The van der Waals surface area contributed by atoms with Crippen molar-refractivity contribution in [1.82, 2.24) is 4.98 Å². The highest BCUT2D eigenvalue weighted by Crippen LogP contribution is 2.37. The van der Waals surface area contributed by atoms with E-state index in [2.05, 4.69) is 14.4 Å². The van der Waals surface area contributed by atoms with E-state index in [-0.39, 0.29) is 22.1 Å². The van der Waals surface area contributed by atoms with Crippen LogP contribution in [0.1, 0.15) is 0 Å². The van der Waals surface area contributed by atoms with Gasteiger partial charge in [-0.15, -0.1) is 0 Å². The van der Waals surface area contributed by atoms with Crippen LogP contribution in [0.3, 0.4) is 0 Å². The predicted molar refractivity (Wildman–Crippen MR) is 125 cm³/mol. The van der Waals surface area contributed by atoms with Gasteiger partial charge in [-0.2, -0.15) is 8.78 Å². The van der Waals surface area contributed by atoms with Gasteiger partial charge in [-0.1, -0.05) is 6.07 Å². The Morgan fingerprint density at radius 2 is 1.64 bits per heavy atom. The summed E-state index contributed by atoms with van der Waals surface area (Å²) in [5.41, 5.74) is 0.182. The monoisotopic (exact) mass is 520 g/mol. The summed E-state index contributed by atoms with van der Waals surface area (Å²) in [5, 5.41) is 0.575. The molecule has 188 valence electrons. The van der Waals surface area contributed by atoms with E-state index < -0.39 is 22.5 Å². The average Bonchev–Trinajstić information content (AvgIpc) is 2.84. The Labute approximate surface area is 204 Å². The number of alkyl halides is 2. The molecule has 8 nitrogen and oxygen atoms in total. The summed E-state index contributed by atoms with van der Waals surface area (Å²) in [6.07, 6.45) is 1.51. The van der Waals surface area contributed by atoms with Crippen molar-refractivity contribution in [3.63, 3.8) is 0 Å². The van der Waals surface area contributed by atoms with Crippen molar-refractivity contribution in [2.45, 2.75) is 11.5 Å². The van der Waals surface area contributed by atoms with Crippen LogP contribution in [0.5, 0.6) is 28.7 Å². The fourth-order valence-electron chi connectivity index (χ4n) is 3.33. The summed E-state index contributed by atoms with van der Waals surface area (Å²) >= 11 is 0. The van der Waals surface area contributed by atoms with Gasteiger partial charge in [0.25, 0.3) is 10.0 Å². The van der Waals surface area contributed by atoms with Gasteiger partial charge in [0.05, 0.1) is 30.3 Å². The van der Waals surface area contributed by atoms with Crippen molar-refractivity contribution in [1.29, 1.82) is 0 Å². The molecule has 36 heavy (non-hydrogen) atoms. The number of aromatic nitrogens is 1. The predicted octanol–water partition coefficient (Wildman–Crippen LogP) is 5.59. The lowest BCUT2D eigenvalue weighted by Crippen LogP contribution is -2.14. The number of rotatable bonds is 9. The van der Waals surface area contributed by atoms with Crippen LogP contribution in [0.2, 0.25) is 0 Å². The van der Waals surface area contributed by atoms with Crippen LogP contribution < -0.4 is 23.7 Å². The second kappa shape index (κ2) is 10.2. The molecule has 3 aromatic carbocycles. The molecule has 0 saturated heterocycles. The highest BCUT2D eigenvalue weighted by atomic mass is 32.2. The van der Waals surface area contributed by atoms with Gasteiger partial charge in [0.1, 0.15) is 17.2 Å². The average molecular weight is 520 g/mol. The summed E-state index contributed by atoms with van der Waals surface area (Å²) < 4.78 is 87.7. The van der Waals surface area contributed by atoms with E-state index in [4.69, 9.17) is 14.2 Å². The summed E-state index contributed by atoms with van der Waals surface area (Å²) in [4.78, 5) is 3.89. The van der Waals surface area contributed by atoms with Gasteiger partial charge in [0, 0.05) is 29.8 Å². The number of pyridine rings is 1. The van der Waals surface area contributed by atoms with Gasteiger partial charge in [-0.05, 0) is 36.4 Å². The van der Waals surface area contributed by atoms with Crippen LogP contribution in [0.15, 0.2) is 71.8 Å². The van der Waals surface area contributed by atoms with Crippen molar-refractivity contribution in [2.24, 2.45) is 0 Å². The van der Waals surface area contributed by atoms with E-state index in [1.165, 1.54) is 44.7 Å².